The van der Waals surface area contributed by atoms with Crippen LogP contribution in [0.4, 0.5) is 0 Å². The van der Waals surface area contributed by atoms with E-state index in [1.165, 1.54) is 0 Å². The fourth-order valence-corrected chi connectivity index (χ4v) is 0.907. The fourth-order valence-electron chi connectivity index (χ4n) is 0.780. The lowest BCUT2D eigenvalue weighted by Gasteiger charge is -2.19. The molecule has 0 rings (SSSR count). The highest BCUT2D eigenvalue weighted by Crippen LogP contribution is 1.99. The van der Waals surface area contributed by atoms with E-state index in [0.717, 1.165) is 0 Å². The number of nitrogens with one attached hydrogen (secondary N) is 2. The first-order chi connectivity index (χ1) is 5.49. The molecule has 1 amide bonds. The normalized spacial score (nSPS) is 12.3. The third kappa shape index (κ3) is 3.52. The minimum Gasteiger partial charge on any atom is -0.368 e. The van der Waals surface area contributed by atoms with Crippen molar-refractivity contribution in [1.82, 2.24) is 10.6 Å². The molecule has 5 heteroatoms. The average Bonchev–Trinajstić information content (AvgIpc) is 1.98. The zero-order valence-corrected chi connectivity index (χ0v) is 8.37. The van der Waals surface area contributed by atoms with Gasteiger partial charge in [-0.05, 0) is 18.1 Å². The molecule has 0 spiro atoms. The van der Waals surface area contributed by atoms with Crippen molar-refractivity contribution >= 4 is 23.2 Å². The van der Waals surface area contributed by atoms with E-state index < -0.39 is 6.04 Å². The van der Waals surface area contributed by atoms with Crippen molar-refractivity contribution in [2.45, 2.75) is 19.9 Å². The number of carbonyl (C=O) groups excluding carboxylic acids is 1. The second-order valence-electron chi connectivity index (χ2n) is 2.85. The van der Waals surface area contributed by atoms with Crippen LogP contribution in [-0.2, 0) is 4.79 Å². The van der Waals surface area contributed by atoms with Crippen LogP contribution in [0.25, 0.3) is 0 Å². The molecule has 1 unspecified atom stereocenters. The summed E-state index contributed by atoms with van der Waals surface area (Å²) in [5.74, 6) is -0.253. The number of primary amides is 1. The number of hydrogen-bond donors (Lipinski definition) is 3. The minimum atomic E-state index is -0.398. The van der Waals surface area contributed by atoms with Crippen LogP contribution in [0.1, 0.15) is 13.8 Å². The molecular formula is C7H15N3OS. The first-order valence-electron chi connectivity index (χ1n) is 3.76. The Bertz CT molecular complexity index is 181. The van der Waals surface area contributed by atoms with E-state index in [2.05, 4.69) is 10.6 Å². The van der Waals surface area contributed by atoms with Gasteiger partial charge in [-0.3, -0.25) is 4.79 Å². The summed E-state index contributed by atoms with van der Waals surface area (Å²) in [7, 11) is 1.69. The first kappa shape index (κ1) is 11.2. The molecule has 12 heavy (non-hydrogen) atoms. The zero-order chi connectivity index (χ0) is 9.72. The molecular weight excluding hydrogens is 174 g/mol. The molecule has 0 fully saturated rings. The maximum Gasteiger partial charge on any atom is 0.240 e. The lowest BCUT2D eigenvalue weighted by molar-refractivity contribution is -0.120. The summed E-state index contributed by atoms with van der Waals surface area (Å²) in [6, 6.07) is -0.398. The van der Waals surface area contributed by atoms with Gasteiger partial charge < -0.3 is 16.4 Å². The van der Waals surface area contributed by atoms with Gasteiger partial charge in [0.15, 0.2) is 5.11 Å². The molecule has 0 aromatic carbocycles. The molecule has 0 bridgehead atoms. The monoisotopic (exact) mass is 189 g/mol. The molecule has 0 aromatic heterocycles. The third-order valence-electron chi connectivity index (χ3n) is 1.49. The first-order valence-corrected chi connectivity index (χ1v) is 4.17. The maximum absolute atomic E-state index is 10.9. The van der Waals surface area contributed by atoms with Crippen LogP contribution in [-0.4, -0.2) is 24.1 Å². The van der Waals surface area contributed by atoms with Gasteiger partial charge >= 0.3 is 0 Å². The summed E-state index contributed by atoms with van der Waals surface area (Å²) in [4.78, 5) is 10.9. The van der Waals surface area contributed by atoms with Gasteiger partial charge in [0, 0.05) is 7.05 Å². The SMILES string of the molecule is CNC(=S)NC(C(N)=O)C(C)C. The Kier molecular flexibility index (Phi) is 4.58. The van der Waals surface area contributed by atoms with Crippen molar-refractivity contribution in [2.75, 3.05) is 7.05 Å². The largest absolute Gasteiger partial charge is 0.368 e. The molecule has 0 saturated heterocycles. The zero-order valence-electron chi connectivity index (χ0n) is 7.55. The Hall–Kier alpha value is -0.840. The summed E-state index contributed by atoms with van der Waals surface area (Å²) in [6.07, 6.45) is 0. The number of thiocarbonyl (C=S) groups is 1. The molecule has 4 nitrogen and oxygen atoms in total. The van der Waals surface area contributed by atoms with Crippen molar-refractivity contribution in [1.29, 1.82) is 0 Å². The van der Waals surface area contributed by atoms with Gasteiger partial charge in [-0.1, -0.05) is 13.8 Å². The van der Waals surface area contributed by atoms with Crippen LogP contribution in [0.5, 0.6) is 0 Å². The molecule has 0 aliphatic carbocycles. The van der Waals surface area contributed by atoms with Gasteiger partial charge in [-0.15, -0.1) is 0 Å². The van der Waals surface area contributed by atoms with Gasteiger partial charge in [0.2, 0.25) is 5.91 Å². The van der Waals surface area contributed by atoms with E-state index in [-0.39, 0.29) is 11.8 Å². The van der Waals surface area contributed by atoms with Gasteiger partial charge in [0.1, 0.15) is 6.04 Å². The Morgan fingerprint density at radius 2 is 2.00 bits per heavy atom. The molecule has 4 N–H and O–H groups in total. The average molecular weight is 189 g/mol. The van der Waals surface area contributed by atoms with Crippen LogP contribution in [0.2, 0.25) is 0 Å². The topological polar surface area (TPSA) is 67.2 Å². The Balaban J connectivity index is 4.14. The standard InChI is InChI=1S/C7H15N3OS/c1-4(2)5(6(8)11)10-7(12)9-3/h4-5H,1-3H3,(H2,8,11)(H2,9,10,12). The van der Waals surface area contributed by atoms with E-state index in [0.29, 0.717) is 5.11 Å². The van der Waals surface area contributed by atoms with E-state index in [1.54, 1.807) is 7.05 Å². The Morgan fingerprint density at radius 3 is 2.25 bits per heavy atom. The van der Waals surface area contributed by atoms with Gasteiger partial charge in [0.05, 0.1) is 0 Å². The summed E-state index contributed by atoms with van der Waals surface area (Å²) in [6.45, 7) is 3.81. The summed E-state index contributed by atoms with van der Waals surface area (Å²) < 4.78 is 0. The lowest BCUT2D eigenvalue weighted by atomic mass is 10.0. The Morgan fingerprint density at radius 1 is 1.50 bits per heavy atom. The third-order valence-corrected chi connectivity index (χ3v) is 1.81. The Labute approximate surface area is 77.9 Å². The number of hydrogen-bond acceptors (Lipinski definition) is 2. The molecule has 0 aliphatic heterocycles. The highest BCUT2D eigenvalue weighted by atomic mass is 32.1. The molecule has 0 aliphatic rings. The molecule has 1 atom stereocenters. The molecule has 0 radical (unpaired) electrons. The van der Waals surface area contributed by atoms with Gasteiger partial charge in [-0.25, -0.2) is 0 Å². The van der Waals surface area contributed by atoms with Crippen molar-refractivity contribution in [3.63, 3.8) is 0 Å². The van der Waals surface area contributed by atoms with Crippen molar-refractivity contribution in [3.05, 3.63) is 0 Å². The minimum absolute atomic E-state index is 0.133. The highest BCUT2D eigenvalue weighted by molar-refractivity contribution is 7.80. The number of nitrogens with two attached hydrogens (primary N) is 1. The number of carbonyl (C=O) groups is 1. The van der Waals surface area contributed by atoms with Gasteiger partial charge in [0.25, 0.3) is 0 Å². The second-order valence-corrected chi connectivity index (χ2v) is 3.26. The van der Waals surface area contributed by atoms with Crippen LogP contribution in [0.15, 0.2) is 0 Å². The predicted octanol–water partition coefficient (Wildman–Crippen LogP) is -0.410. The van der Waals surface area contributed by atoms with Crippen LogP contribution in [0, 0.1) is 5.92 Å². The van der Waals surface area contributed by atoms with Crippen LogP contribution >= 0.6 is 12.2 Å². The second kappa shape index (κ2) is 4.92. The van der Waals surface area contributed by atoms with Crippen molar-refractivity contribution < 1.29 is 4.79 Å². The van der Waals surface area contributed by atoms with Gasteiger partial charge in [-0.2, -0.15) is 0 Å². The quantitative estimate of drug-likeness (QED) is 0.528. The lowest BCUT2D eigenvalue weighted by Crippen LogP contribution is -2.50. The van der Waals surface area contributed by atoms with Crippen LogP contribution < -0.4 is 16.4 Å². The highest BCUT2D eigenvalue weighted by Gasteiger charge is 2.19. The molecule has 0 heterocycles. The number of amides is 1. The summed E-state index contributed by atoms with van der Waals surface area (Å²) >= 11 is 4.84. The van der Waals surface area contributed by atoms with Crippen molar-refractivity contribution in [3.8, 4) is 0 Å². The molecule has 0 aromatic rings. The predicted molar refractivity (Wildman–Crippen MR) is 52.6 cm³/mol. The van der Waals surface area contributed by atoms with Crippen LogP contribution in [0.3, 0.4) is 0 Å². The smallest absolute Gasteiger partial charge is 0.240 e. The molecule has 70 valence electrons. The van der Waals surface area contributed by atoms with E-state index in [9.17, 15) is 4.79 Å². The van der Waals surface area contributed by atoms with E-state index in [1.807, 2.05) is 13.8 Å². The van der Waals surface area contributed by atoms with E-state index in [4.69, 9.17) is 18.0 Å². The van der Waals surface area contributed by atoms with E-state index >= 15 is 0 Å². The molecule has 0 saturated carbocycles. The summed E-state index contributed by atoms with van der Waals surface area (Å²) in [5.41, 5.74) is 5.15. The maximum atomic E-state index is 10.9. The summed E-state index contributed by atoms with van der Waals surface area (Å²) in [5, 5.41) is 5.97. The van der Waals surface area contributed by atoms with Crippen molar-refractivity contribution in [2.24, 2.45) is 11.7 Å². The fraction of sp³-hybridized carbons (Fsp3) is 0.714. The number of rotatable bonds is 3.